The molecule has 0 saturated carbocycles. The van der Waals surface area contributed by atoms with Crippen molar-refractivity contribution in [1.29, 1.82) is 0 Å². The second-order valence-electron chi connectivity index (χ2n) is 9.00. The monoisotopic (exact) mass is 511 g/mol. The third-order valence-corrected chi connectivity index (χ3v) is 6.30. The molecule has 0 fully saturated rings. The largest absolute Gasteiger partial charge is 0.444 e. The number of amides is 1. The summed E-state index contributed by atoms with van der Waals surface area (Å²) in [5.74, 6) is -1.35. The van der Waals surface area contributed by atoms with Crippen molar-refractivity contribution in [1.82, 2.24) is 4.98 Å². The maximum Gasteiger partial charge on any atom is 0.340 e. The zero-order valence-corrected chi connectivity index (χ0v) is 21.6. The number of nitrogens with zero attached hydrogens (tertiary/aromatic N) is 2. The Morgan fingerprint density at radius 3 is 2.42 bits per heavy atom. The second kappa shape index (κ2) is 11.6. The van der Waals surface area contributed by atoms with E-state index in [1.165, 1.54) is 12.1 Å². The number of nitro benzene ring substituents is 1. The Labute approximate surface area is 220 Å². The van der Waals surface area contributed by atoms with Crippen molar-refractivity contribution in [3.8, 4) is 0 Å². The molecule has 4 rings (SSSR count). The molecular formula is C30H29N3O5. The summed E-state index contributed by atoms with van der Waals surface area (Å²) in [5, 5.41) is 14.9. The summed E-state index contributed by atoms with van der Waals surface area (Å²) in [5.41, 5.74) is 3.59. The lowest BCUT2D eigenvalue weighted by atomic mass is 9.96. The summed E-state index contributed by atoms with van der Waals surface area (Å²) >= 11 is 0. The zero-order chi connectivity index (χ0) is 27.2. The first-order valence-electron chi connectivity index (χ1n) is 12.6. The zero-order valence-electron chi connectivity index (χ0n) is 21.6. The van der Waals surface area contributed by atoms with Gasteiger partial charge in [-0.3, -0.25) is 19.9 Å². The van der Waals surface area contributed by atoms with Gasteiger partial charge in [0.25, 0.3) is 11.6 Å². The maximum atomic E-state index is 13.8. The fraction of sp³-hybridized carbons (Fsp3) is 0.233. The number of carbonyl (C=O) groups is 2. The van der Waals surface area contributed by atoms with Gasteiger partial charge < -0.3 is 10.1 Å². The van der Waals surface area contributed by atoms with E-state index in [2.05, 4.69) is 5.32 Å². The standard InChI is InChI=1S/C30H29N3O5/c1-4-11-23-21(5-2)27(22-14-9-10-15-24(22)31-23)30(35)38-28(20-12-7-6-8-13-20)29(34)32-25-17-16-19(3)18-26(25)33(36)37/h6-10,12-18,28H,4-5,11H2,1-3H3,(H,32,34). The number of esters is 1. The number of fused-ring (bicyclic) bond motifs is 1. The Bertz CT molecular complexity index is 1500. The number of anilines is 1. The maximum absolute atomic E-state index is 13.8. The van der Waals surface area contributed by atoms with Crippen LogP contribution in [0.4, 0.5) is 11.4 Å². The fourth-order valence-electron chi connectivity index (χ4n) is 4.52. The molecule has 194 valence electrons. The number of carbonyl (C=O) groups excluding carboxylic acids is 2. The van der Waals surface area contributed by atoms with Crippen molar-refractivity contribution in [3.63, 3.8) is 0 Å². The predicted octanol–water partition coefficient (Wildman–Crippen LogP) is 6.50. The number of aromatic nitrogens is 1. The Balaban J connectivity index is 1.76. The molecule has 0 aliphatic heterocycles. The number of aryl methyl sites for hydroxylation is 2. The molecule has 1 atom stereocenters. The van der Waals surface area contributed by atoms with Crippen LogP contribution in [0.5, 0.6) is 0 Å². The molecule has 8 heteroatoms. The Hall–Kier alpha value is -4.59. The van der Waals surface area contributed by atoms with Crippen LogP contribution in [0, 0.1) is 17.0 Å². The average molecular weight is 512 g/mol. The van der Waals surface area contributed by atoms with Gasteiger partial charge in [-0.1, -0.05) is 74.9 Å². The normalized spacial score (nSPS) is 11.7. The number of nitro groups is 1. The minimum absolute atomic E-state index is 0.0245. The molecule has 4 aromatic rings. The molecule has 1 unspecified atom stereocenters. The lowest BCUT2D eigenvalue weighted by Gasteiger charge is -2.21. The minimum atomic E-state index is -1.34. The number of ether oxygens (including phenoxy) is 1. The molecular weight excluding hydrogens is 482 g/mol. The summed E-state index contributed by atoms with van der Waals surface area (Å²) in [6, 6.07) is 20.5. The van der Waals surface area contributed by atoms with Crippen LogP contribution in [-0.2, 0) is 22.4 Å². The van der Waals surface area contributed by atoms with E-state index in [-0.39, 0.29) is 11.4 Å². The highest BCUT2D eigenvalue weighted by molar-refractivity contribution is 6.06. The van der Waals surface area contributed by atoms with Crippen LogP contribution < -0.4 is 5.32 Å². The first-order valence-corrected chi connectivity index (χ1v) is 12.6. The molecule has 0 aliphatic carbocycles. The lowest BCUT2D eigenvalue weighted by molar-refractivity contribution is -0.384. The van der Waals surface area contributed by atoms with Crippen LogP contribution in [0.25, 0.3) is 10.9 Å². The quantitative estimate of drug-likeness (QED) is 0.156. The predicted molar refractivity (Wildman–Crippen MR) is 146 cm³/mol. The van der Waals surface area contributed by atoms with Gasteiger partial charge in [-0.2, -0.15) is 0 Å². The van der Waals surface area contributed by atoms with Gasteiger partial charge >= 0.3 is 5.97 Å². The molecule has 3 aromatic carbocycles. The summed E-state index contributed by atoms with van der Waals surface area (Å²) in [4.78, 5) is 43.2. The highest BCUT2D eigenvalue weighted by atomic mass is 16.6. The van der Waals surface area contributed by atoms with E-state index in [1.54, 1.807) is 43.3 Å². The third-order valence-electron chi connectivity index (χ3n) is 6.30. The molecule has 1 heterocycles. The molecule has 1 aromatic heterocycles. The number of pyridine rings is 1. The van der Waals surface area contributed by atoms with Gasteiger partial charge in [0, 0.05) is 22.7 Å². The van der Waals surface area contributed by atoms with Crippen LogP contribution in [0.15, 0.2) is 72.8 Å². The number of para-hydroxylation sites is 1. The van der Waals surface area contributed by atoms with Gasteiger partial charge in [-0.15, -0.1) is 0 Å². The van der Waals surface area contributed by atoms with E-state index < -0.39 is 22.9 Å². The van der Waals surface area contributed by atoms with Crippen molar-refractivity contribution in [3.05, 3.63) is 111 Å². The highest BCUT2D eigenvalue weighted by Crippen LogP contribution is 2.31. The summed E-state index contributed by atoms with van der Waals surface area (Å²) in [6.07, 6.45) is 0.788. The summed E-state index contributed by atoms with van der Waals surface area (Å²) in [7, 11) is 0. The molecule has 0 aliphatic rings. The Morgan fingerprint density at radius 1 is 1.03 bits per heavy atom. The van der Waals surface area contributed by atoms with E-state index >= 15 is 0 Å². The Morgan fingerprint density at radius 2 is 1.74 bits per heavy atom. The molecule has 1 N–H and O–H groups in total. The number of hydrogen-bond acceptors (Lipinski definition) is 6. The number of nitrogens with one attached hydrogen (secondary N) is 1. The van der Waals surface area contributed by atoms with Crippen LogP contribution >= 0.6 is 0 Å². The molecule has 8 nitrogen and oxygen atoms in total. The van der Waals surface area contributed by atoms with E-state index in [1.807, 2.05) is 38.1 Å². The van der Waals surface area contributed by atoms with Gasteiger partial charge in [0.15, 0.2) is 0 Å². The molecule has 0 radical (unpaired) electrons. The topological polar surface area (TPSA) is 111 Å². The van der Waals surface area contributed by atoms with E-state index in [0.29, 0.717) is 40.4 Å². The van der Waals surface area contributed by atoms with Gasteiger partial charge in [-0.25, -0.2) is 4.79 Å². The number of rotatable bonds is 9. The average Bonchev–Trinajstić information content (AvgIpc) is 2.92. The minimum Gasteiger partial charge on any atom is -0.444 e. The van der Waals surface area contributed by atoms with Crippen LogP contribution in [0.1, 0.15) is 59.1 Å². The number of hydrogen-bond donors (Lipinski definition) is 1. The van der Waals surface area contributed by atoms with Gasteiger partial charge in [0.05, 0.1) is 16.0 Å². The van der Waals surface area contributed by atoms with Gasteiger partial charge in [0.1, 0.15) is 5.69 Å². The SMILES string of the molecule is CCCc1nc2ccccc2c(C(=O)OC(C(=O)Nc2ccc(C)cc2[N+](=O)[O-])c2ccccc2)c1CC. The van der Waals surface area contributed by atoms with E-state index in [0.717, 1.165) is 17.7 Å². The molecule has 0 saturated heterocycles. The van der Waals surface area contributed by atoms with Crippen molar-refractivity contribution < 1.29 is 19.2 Å². The highest BCUT2D eigenvalue weighted by Gasteiger charge is 2.30. The molecule has 0 spiro atoms. The van der Waals surface area contributed by atoms with E-state index in [4.69, 9.17) is 9.72 Å². The smallest absolute Gasteiger partial charge is 0.340 e. The summed E-state index contributed by atoms with van der Waals surface area (Å²) in [6.45, 7) is 5.73. The fourth-order valence-corrected chi connectivity index (χ4v) is 4.52. The van der Waals surface area contributed by atoms with Crippen molar-refractivity contribution in [2.24, 2.45) is 0 Å². The van der Waals surface area contributed by atoms with Crippen molar-refractivity contribution >= 4 is 34.2 Å². The van der Waals surface area contributed by atoms with Gasteiger partial charge in [-0.05, 0) is 43.0 Å². The van der Waals surface area contributed by atoms with E-state index in [9.17, 15) is 19.7 Å². The first kappa shape index (κ1) is 26.5. The lowest BCUT2D eigenvalue weighted by Crippen LogP contribution is -2.27. The second-order valence-corrected chi connectivity index (χ2v) is 9.00. The van der Waals surface area contributed by atoms with Crippen LogP contribution in [0.3, 0.4) is 0 Å². The van der Waals surface area contributed by atoms with Crippen LogP contribution in [0.2, 0.25) is 0 Å². The molecule has 0 bridgehead atoms. The summed E-state index contributed by atoms with van der Waals surface area (Å²) < 4.78 is 5.92. The third kappa shape index (κ3) is 5.54. The van der Waals surface area contributed by atoms with Crippen molar-refractivity contribution in [2.75, 3.05) is 5.32 Å². The molecule has 38 heavy (non-hydrogen) atoms. The number of benzene rings is 3. The van der Waals surface area contributed by atoms with Gasteiger partial charge in [0.2, 0.25) is 6.10 Å². The first-order chi connectivity index (χ1) is 18.3. The van der Waals surface area contributed by atoms with Crippen LogP contribution in [-0.4, -0.2) is 21.8 Å². The molecule has 1 amide bonds. The Kier molecular flexibility index (Phi) is 8.11. The van der Waals surface area contributed by atoms with Crippen molar-refractivity contribution in [2.45, 2.75) is 46.1 Å².